The summed E-state index contributed by atoms with van der Waals surface area (Å²) in [5.74, 6) is 0.487. The first kappa shape index (κ1) is 21.6. The van der Waals surface area contributed by atoms with Crippen LogP contribution in [0.1, 0.15) is 36.2 Å². The molecule has 3 rings (SSSR count). The molecule has 0 spiro atoms. The molecule has 2 aromatic rings. The Bertz CT molecular complexity index is 868. The molecule has 0 N–H and O–H groups in total. The van der Waals surface area contributed by atoms with Gasteiger partial charge in [0.05, 0.1) is 0 Å². The molecular formula is C24H27NO5. The SMILES string of the molecule is CC1CC(C)CN(C(=O)COC(=O)COc2ccc(C(=O)c3ccccc3)cc2)C1. The maximum Gasteiger partial charge on any atom is 0.344 e. The van der Waals surface area contributed by atoms with Gasteiger partial charge in [0.15, 0.2) is 19.0 Å². The maximum absolute atomic E-state index is 12.4. The summed E-state index contributed by atoms with van der Waals surface area (Å²) in [6.45, 7) is 5.07. The number of piperidine rings is 1. The van der Waals surface area contributed by atoms with Crippen LogP contribution < -0.4 is 4.74 Å². The van der Waals surface area contributed by atoms with Crippen LogP contribution in [0.4, 0.5) is 0 Å². The molecule has 0 aromatic heterocycles. The number of rotatable bonds is 7. The van der Waals surface area contributed by atoms with Crippen LogP contribution in [0.15, 0.2) is 54.6 Å². The Hall–Kier alpha value is -3.15. The minimum atomic E-state index is -0.606. The predicted octanol–water partition coefficient (Wildman–Crippen LogP) is 3.34. The molecule has 1 aliphatic heterocycles. The van der Waals surface area contributed by atoms with Crippen LogP contribution in [0.5, 0.6) is 5.75 Å². The lowest BCUT2D eigenvalue weighted by atomic mass is 9.92. The Morgan fingerprint density at radius 3 is 2.10 bits per heavy atom. The topological polar surface area (TPSA) is 72.9 Å². The normalized spacial score (nSPS) is 18.5. The molecule has 0 bridgehead atoms. The standard InChI is InChI=1S/C24H27NO5/c1-17-12-18(2)14-25(13-17)22(26)15-30-23(27)16-29-21-10-8-20(9-11-21)24(28)19-6-4-3-5-7-19/h3-11,17-18H,12-16H2,1-2H3. The van der Waals surface area contributed by atoms with E-state index in [1.54, 1.807) is 41.3 Å². The third-order valence-corrected chi connectivity index (χ3v) is 5.09. The van der Waals surface area contributed by atoms with Gasteiger partial charge in [-0.1, -0.05) is 44.2 Å². The van der Waals surface area contributed by atoms with Crippen molar-refractivity contribution in [2.75, 3.05) is 26.3 Å². The Balaban J connectivity index is 1.43. The number of hydrogen-bond acceptors (Lipinski definition) is 5. The third-order valence-electron chi connectivity index (χ3n) is 5.09. The fraction of sp³-hybridized carbons (Fsp3) is 0.375. The second-order valence-electron chi connectivity index (χ2n) is 7.91. The average molecular weight is 409 g/mol. The lowest BCUT2D eigenvalue weighted by Gasteiger charge is -2.34. The molecule has 1 aliphatic rings. The van der Waals surface area contributed by atoms with Gasteiger partial charge >= 0.3 is 5.97 Å². The van der Waals surface area contributed by atoms with Gasteiger partial charge in [-0.3, -0.25) is 9.59 Å². The molecule has 30 heavy (non-hydrogen) atoms. The highest BCUT2D eigenvalue weighted by Gasteiger charge is 2.25. The summed E-state index contributed by atoms with van der Waals surface area (Å²) < 4.78 is 10.5. The predicted molar refractivity (Wildman–Crippen MR) is 112 cm³/mol. The van der Waals surface area contributed by atoms with E-state index in [4.69, 9.17) is 9.47 Å². The van der Waals surface area contributed by atoms with E-state index in [0.29, 0.717) is 41.8 Å². The summed E-state index contributed by atoms with van der Waals surface area (Å²) in [6.07, 6.45) is 1.10. The number of ketones is 1. The summed E-state index contributed by atoms with van der Waals surface area (Å²) >= 11 is 0. The fourth-order valence-corrected chi connectivity index (χ4v) is 3.74. The van der Waals surface area contributed by atoms with Crippen LogP contribution >= 0.6 is 0 Å². The van der Waals surface area contributed by atoms with Gasteiger partial charge in [0.25, 0.3) is 5.91 Å². The van der Waals surface area contributed by atoms with Crippen LogP contribution in [0, 0.1) is 11.8 Å². The van der Waals surface area contributed by atoms with Crippen molar-refractivity contribution in [2.24, 2.45) is 11.8 Å². The van der Waals surface area contributed by atoms with Crippen molar-refractivity contribution in [3.8, 4) is 5.75 Å². The molecule has 1 saturated heterocycles. The average Bonchev–Trinajstić information content (AvgIpc) is 2.75. The van der Waals surface area contributed by atoms with E-state index in [9.17, 15) is 14.4 Å². The van der Waals surface area contributed by atoms with Crippen LogP contribution in [-0.4, -0.2) is 48.9 Å². The zero-order chi connectivity index (χ0) is 21.5. The number of carbonyl (C=O) groups is 3. The van der Waals surface area contributed by atoms with Crippen LogP contribution in [0.25, 0.3) is 0 Å². The molecule has 6 nitrogen and oxygen atoms in total. The summed E-state index contributed by atoms with van der Waals surface area (Å²) in [7, 11) is 0. The number of nitrogens with zero attached hydrogens (tertiary/aromatic N) is 1. The zero-order valence-corrected chi connectivity index (χ0v) is 17.4. The first-order valence-electron chi connectivity index (χ1n) is 10.2. The highest BCUT2D eigenvalue weighted by atomic mass is 16.6. The monoisotopic (exact) mass is 409 g/mol. The zero-order valence-electron chi connectivity index (χ0n) is 17.4. The van der Waals surface area contributed by atoms with Crippen molar-refractivity contribution in [1.82, 2.24) is 4.90 Å². The number of hydrogen-bond donors (Lipinski definition) is 0. The molecule has 2 unspecified atom stereocenters. The van der Waals surface area contributed by atoms with Crippen molar-refractivity contribution >= 4 is 17.7 Å². The molecular weight excluding hydrogens is 382 g/mol. The van der Waals surface area contributed by atoms with E-state index >= 15 is 0 Å². The van der Waals surface area contributed by atoms with Crippen molar-refractivity contribution < 1.29 is 23.9 Å². The Kier molecular flexibility index (Phi) is 7.22. The maximum atomic E-state index is 12.4. The highest BCUT2D eigenvalue weighted by Crippen LogP contribution is 2.21. The van der Waals surface area contributed by atoms with Gasteiger partial charge in [0.2, 0.25) is 0 Å². The fourth-order valence-electron chi connectivity index (χ4n) is 3.74. The van der Waals surface area contributed by atoms with E-state index in [-0.39, 0.29) is 24.9 Å². The Morgan fingerprint density at radius 1 is 0.867 bits per heavy atom. The molecule has 158 valence electrons. The van der Waals surface area contributed by atoms with Gasteiger partial charge in [0.1, 0.15) is 5.75 Å². The van der Waals surface area contributed by atoms with Gasteiger partial charge in [-0.05, 0) is 42.5 Å². The molecule has 0 aliphatic carbocycles. The largest absolute Gasteiger partial charge is 0.482 e. The minimum Gasteiger partial charge on any atom is -0.482 e. The van der Waals surface area contributed by atoms with Crippen molar-refractivity contribution in [2.45, 2.75) is 20.3 Å². The first-order valence-corrected chi connectivity index (χ1v) is 10.2. The van der Waals surface area contributed by atoms with Gasteiger partial charge in [-0.2, -0.15) is 0 Å². The van der Waals surface area contributed by atoms with E-state index in [1.165, 1.54) is 0 Å². The quantitative estimate of drug-likeness (QED) is 0.518. The molecule has 1 fully saturated rings. The van der Waals surface area contributed by atoms with E-state index in [1.807, 2.05) is 18.2 Å². The van der Waals surface area contributed by atoms with Gasteiger partial charge < -0.3 is 14.4 Å². The lowest BCUT2D eigenvalue weighted by molar-refractivity contribution is -0.154. The number of esters is 1. The van der Waals surface area contributed by atoms with Crippen LogP contribution in [0.2, 0.25) is 0 Å². The molecule has 1 heterocycles. The number of carbonyl (C=O) groups excluding carboxylic acids is 3. The van der Waals surface area contributed by atoms with Crippen LogP contribution in [0.3, 0.4) is 0 Å². The van der Waals surface area contributed by atoms with Gasteiger partial charge in [-0.15, -0.1) is 0 Å². The van der Waals surface area contributed by atoms with Crippen molar-refractivity contribution in [1.29, 1.82) is 0 Å². The smallest absolute Gasteiger partial charge is 0.344 e. The van der Waals surface area contributed by atoms with Gasteiger partial charge in [-0.25, -0.2) is 4.79 Å². The summed E-state index contributed by atoms with van der Waals surface area (Å²) in [4.78, 5) is 38.3. The summed E-state index contributed by atoms with van der Waals surface area (Å²) in [6, 6.07) is 15.6. The highest BCUT2D eigenvalue weighted by molar-refractivity contribution is 6.08. The molecule has 0 saturated carbocycles. The van der Waals surface area contributed by atoms with Crippen molar-refractivity contribution in [3.63, 3.8) is 0 Å². The number of ether oxygens (including phenoxy) is 2. The molecule has 6 heteroatoms. The second-order valence-corrected chi connectivity index (χ2v) is 7.91. The molecule has 0 radical (unpaired) electrons. The lowest BCUT2D eigenvalue weighted by Crippen LogP contribution is -2.44. The van der Waals surface area contributed by atoms with Crippen LogP contribution in [-0.2, 0) is 14.3 Å². The number of likely N-dealkylation sites (tertiary alicyclic amines) is 1. The molecule has 2 aromatic carbocycles. The number of amides is 1. The Morgan fingerprint density at radius 2 is 1.47 bits per heavy atom. The van der Waals surface area contributed by atoms with E-state index in [2.05, 4.69) is 13.8 Å². The summed E-state index contributed by atoms with van der Waals surface area (Å²) in [5.41, 5.74) is 1.14. The van der Waals surface area contributed by atoms with Gasteiger partial charge in [0, 0.05) is 24.2 Å². The Labute approximate surface area is 176 Å². The van der Waals surface area contributed by atoms with E-state index < -0.39 is 5.97 Å². The summed E-state index contributed by atoms with van der Waals surface area (Å²) in [5, 5.41) is 0. The van der Waals surface area contributed by atoms with E-state index in [0.717, 1.165) is 6.42 Å². The van der Waals surface area contributed by atoms with Crippen molar-refractivity contribution in [3.05, 3.63) is 65.7 Å². The second kappa shape index (κ2) is 10.1. The first-order chi connectivity index (χ1) is 14.4. The molecule has 2 atom stereocenters. The molecule has 1 amide bonds. The minimum absolute atomic E-state index is 0.0820. The number of benzene rings is 2. The third kappa shape index (κ3) is 5.92.